The number of aliphatic imine (C=N–C) groups is 1. The third-order valence-electron chi connectivity index (χ3n) is 5.40. The number of methoxy groups -OCH3 is 3. The summed E-state index contributed by atoms with van der Waals surface area (Å²) in [5.74, 6) is 3.35. The molecule has 0 radical (unpaired) electrons. The number of ether oxygens (including phenoxy) is 3. The Labute approximate surface area is 208 Å². The van der Waals surface area contributed by atoms with Crippen LogP contribution in [0.4, 0.5) is 5.69 Å². The molecule has 32 heavy (non-hydrogen) atoms. The quantitative estimate of drug-likeness (QED) is 0.280. The number of guanidine groups is 1. The van der Waals surface area contributed by atoms with Crippen molar-refractivity contribution in [1.29, 1.82) is 0 Å². The Kier molecular flexibility index (Phi) is 10.7. The molecule has 1 fully saturated rings. The molecule has 0 aromatic heterocycles. The zero-order chi connectivity index (χ0) is 22.1. The van der Waals surface area contributed by atoms with E-state index in [1.54, 1.807) is 21.3 Å². The number of rotatable bonds is 9. The molecule has 1 atom stereocenters. The van der Waals surface area contributed by atoms with Crippen LogP contribution in [0.1, 0.15) is 18.9 Å². The molecule has 0 aliphatic carbocycles. The molecular formula is C24H35IN4O3. The van der Waals surface area contributed by atoms with E-state index in [2.05, 4.69) is 46.7 Å². The van der Waals surface area contributed by atoms with Gasteiger partial charge in [0.05, 0.1) is 21.3 Å². The molecular weight excluding hydrogens is 519 g/mol. The van der Waals surface area contributed by atoms with Crippen LogP contribution >= 0.6 is 24.0 Å². The summed E-state index contributed by atoms with van der Waals surface area (Å²) in [6, 6.07) is 14.5. The van der Waals surface area contributed by atoms with Crippen molar-refractivity contribution in [1.82, 2.24) is 10.6 Å². The largest absolute Gasteiger partial charge is 0.497 e. The van der Waals surface area contributed by atoms with Crippen LogP contribution in [0, 0.1) is 0 Å². The van der Waals surface area contributed by atoms with Gasteiger partial charge in [0.25, 0.3) is 0 Å². The normalized spacial score (nSPS) is 15.7. The highest BCUT2D eigenvalue weighted by Gasteiger charge is 2.24. The van der Waals surface area contributed by atoms with Crippen molar-refractivity contribution < 1.29 is 14.2 Å². The van der Waals surface area contributed by atoms with Crippen molar-refractivity contribution in [2.24, 2.45) is 4.99 Å². The zero-order valence-corrected chi connectivity index (χ0v) is 21.7. The topological polar surface area (TPSA) is 67.4 Å². The smallest absolute Gasteiger partial charge is 0.191 e. The van der Waals surface area contributed by atoms with Crippen LogP contribution in [0.15, 0.2) is 47.5 Å². The fraction of sp³-hybridized carbons (Fsp3) is 0.458. The minimum Gasteiger partial charge on any atom is -0.497 e. The molecule has 1 saturated heterocycles. The Morgan fingerprint density at radius 2 is 1.66 bits per heavy atom. The van der Waals surface area contributed by atoms with E-state index < -0.39 is 0 Å². The SMILES string of the molecule is CCNC(=NCCc1ccc(OC)cc1)NC1CCN(c2cc(OC)cc(OC)c2)C1.I. The first kappa shape index (κ1) is 25.9. The number of halogens is 1. The summed E-state index contributed by atoms with van der Waals surface area (Å²) in [6.45, 7) is 5.52. The molecule has 0 saturated carbocycles. The predicted octanol–water partition coefficient (Wildman–Crippen LogP) is 3.71. The van der Waals surface area contributed by atoms with E-state index >= 15 is 0 Å². The second-order valence-corrected chi connectivity index (χ2v) is 7.51. The average molecular weight is 554 g/mol. The van der Waals surface area contributed by atoms with Crippen molar-refractivity contribution >= 4 is 35.6 Å². The molecule has 2 aromatic rings. The predicted molar refractivity (Wildman–Crippen MR) is 141 cm³/mol. The summed E-state index contributed by atoms with van der Waals surface area (Å²) in [4.78, 5) is 7.12. The number of hydrogen-bond donors (Lipinski definition) is 2. The molecule has 176 valence electrons. The third kappa shape index (κ3) is 7.36. The lowest BCUT2D eigenvalue weighted by Crippen LogP contribution is -2.44. The van der Waals surface area contributed by atoms with Crippen LogP contribution in [-0.4, -0.2) is 59.5 Å². The Balaban J connectivity index is 0.00000363. The zero-order valence-electron chi connectivity index (χ0n) is 19.4. The monoisotopic (exact) mass is 554 g/mol. The Morgan fingerprint density at radius 3 is 2.25 bits per heavy atom. The van der Waals surface area contributed by atoms with Crippen molar-refractivity contribution in [3.8, 4) is 17.2 Å². The van der Waals surface area contributed by atoms with Crippen LogP contribution in [0.3, 0.4) is 0 Å². The second kappa shape index (κ2) is 13.2. The molecule has 0 spiro atoms. The summed E-state index contributed by atoms with van der Waals surface area (Å²) < 4.78 is 16.1. The van der Waals surface area contributed by atoms with E-state index in [9.17, 15) is 0 Å². The van der Waals surface area contributed by atoms with Crippen LogP contribution in [0.5, 0.6) is 17.2 Å². The van der Waals surface area contributed by atoms with E-state index in [0.717, 1.165) is 67.9 Å². The van der Waals surface area contributed by atoms with Crippen LogP contribution in [0.25, 0.3) is 0 Å². The van der Waals surface area contributed by atoms with Gasteiger partial charge in [0, 0.05) is 56.1 Å². The average Bonchev–Trinajstić information content (AvgIpc) is 3.27. The van der Waals surface area contributed by atoms with Gasteiger partial charge in [-0.3, -0.25) is 4.99 Å². The molecule has 8 heteroatoms. The van der Waals surface area contributed by atoms with Gasteiger partial charge in [-0.05, 0) is 37.5 Å². The van der Waals surface area contributed by atoms with Crippen LogP contribution in [0.2, 0.25) is 0 Å². The lowest BCUT2D eigenvalue weighted by Gasteiger charge is -2.21. The lowest BCUT2D eigenvalue weighted by atomic mass is 10.1. The van der Waals surface area contributed by atoms with Gasteiger partial charge in [-0.15, -0.1) is 24.0 Å². The summed E-state index contributed by atoms with van der Waals surface area (Å²) in [5.41, 5.74) is 2.36. The first-order valence-electron chi connectivity index (χ1n) is 10.8. The van der Waals surface area contributed by atoms with Crippen molar-refractivity contribution in [3.05, 3.63) is 48.0 Å². The standard InChI is InChI=1S/C24H34N4O3.HI/c1-5-25-24(26-12-10-18-6-8-21(29-2)9-7-18)27-19-11-13-28(17-19)20-14-22(30-3)16-23(15-20)31-4;/h6-9,14-16,19H,5,10-13,17H2,1-4H3,(H2,25,26,27);1H. The van der Waals surface area contributed by atoms with E-state index in [4.69, 9.17) is 19.2 Å². The van der Waals surface area contributed by atoms with Gasteiger partial charge in [-0.2, -0.15) is 0 Å². The van der Waals surface area contributed by atoms with Crippen LogP contribution < -0.4 is 29.7 Å². The van der Waals surface area contributed by atoms with Gasteiger partial charge in [-0.1, -0.05) is 12.1 Å². The molecule has 3 rings (SSSR count). The summed E-state index contributed by atoms with van der Waals surface area (Å²) in [5, 5.41) is 6.96. The summed E-state index contributed by atoms with van der Waals surface area (Å²) in [6.07, 6.45) is 1.93. The highest BCUT2D eigenvalue weighted by atomic mass is 127. The highest BCUT2D eigenvalue weighted by Crippen LogP contribution is 2.30. The Hall–Kier alpha value is -2.36. The van der Waals surface area contributed by atoms with E-state index in [1.807, 2.05) is 18.2 Å². The van der Waals surface area contributed by atoms with E-state index in [1.165, 1.54) is 5.56 Å². The highest BCUT2D eigenvalue weighted by molar-refractivity contribution is 14.0. The number of anilines is 1. The molecule has 2 aromatic carbocycles. The molecule has 1 aliphatic heterocycles. The molecule has 0 bridgehead atoms. The summed E-state index contributed by atoms with van der Waals surface area (Å²) >= 11 is 0. The lowest BCUT2D eigenvalue weighted by molar-refractivity contribution is 0.394. The minimum atomic E-state index is 0. The van der Waals surface area contributed by atoms with Gasteiger partial charge < -0.3 is 29.7 Å². The molecule has 1 unspecified atom stereocenters. The molecule has 7 nitrogen and oxygen atoms in total. The number of nitrogens with one attached hydrogen (secondary N) is 2. The van der Waals surface area contributed by atoms with Gasteiger partial charge >= 0.3 is 0 Å². The van der Waals surface area contributed by atoms with Crippen molar-refractivity contribution in [3.63, 3.8) is 0 Å². The first-order valence-corrected chi connectivity index (χ1v) is 10.8. The third-order valence-corrected chi connectivity index (χ3v) is 5.40. The Morgan fingerprint density at radius 1 is 1.00 bits per heavy atom. The van der Waals surface area contributed by atoms with E-state index in [-0.39, 0.29) is 24.0 Å². The fourth-order valence-corrected chi connectivity index (χ4v) is 3.69. The molecule has 1 heterocycles. The molecule has 1 aliphatic rings. The Bertz CT molecular complexity index is 839. The number of benzene rings is 2. The second-order valence-electron chi connectivity index (χ2n) is 7.51. The number of nitrogens with zero attached hydrogens (tertiary/aromatic N) is 2. The van der Waals surface area contributed by atoms with Gasteiger partial charge in [0.15, 0.2) is 5.96 Å². The maximum Gasteiger partial charge on any atom is 0.191 e. The van der Waals surface area contributed by atoms with Gasteiger partial charge in [-0.25, -0.2) is 0 Å². The van der Waals surface area contributed by atoms with Crippen molar-refractivity contribution in [2.75, 3.05) is 52.4 Å². The number of hydrogen-bond acceptors (Lipinski definition) is 5. The minimum absolute atomic E-state index is 0. The van der Waals surface area contributed by atoms with E-state index in [0.29, 0.717) is 6.04 Å². The first-order chi connectivity index (χ1) is 15.1. The molecule has 2 N–H and O–H groups in total. The fourth-order valence-electron chi connectivity index (χ4n) is 3.69. The van der Waals surface area contributed by atoms with Crippen molar-refractivity contribution in [2.45, 2.75) is 25.8 Å². The molecule has 0 amide bonds. The van der Waals surface area contributed by atoms with Gasteiger partial charge in [0.1, 0.15) is 17.2 Å². The van der Waals surface area contributed by atoms with Gasteiger partial charge in [0.2, 0.25) is 0 Å². The van der Waals surface area contributed by atoms with Crippen LogP contribution in [-0.2, 0) is 6.42 Å². The maximum atomic E-state index is 5.42. The maximum absolute atomic E-state index is 5.42. The summed E-state index contributed by atoms with van der Waals surface area (Å²) in [7, 11) is 5.04.